The Balaban J connectivity index is 1.42. The van der Waals surface area contributed by atoms with Crippen LogP contribution in [-0.4, -0.2) is 50.4 Å². The SMILES string of the molecule is NS(=O)(=O)c1ccc(NC(=O)N2CCN(C(c3ccccc3)c3ccccc3)CC2)cc1. The van der Waals surface area contributed by atoms with Gasteiger partial charge in [-0.2, -0.15) is 0 Å². The van der Waals surface area contributed by atoms with Crippen molar-refractivity contribution in [2.75, 3.05) is 31.5 Å². The predicted octanol–water partition coefficient (Wildman–Crippen LogP) is 3.27. The first-order valence-corrected chi connectivity index (χ1v) is 12.0. The molecule has 0 aromatic heterocycles. The van der Waals surface area contributed by atoms with E-state index < -0.39 is 10.0 Å². The van der Waals surface area contributed by atoms with Crippen molar-refractivity contribution in [2.45, 2.75) is 10.9 Å². The number of primary sulfonamides is 1. The van der Waals surface area contributed by atoms with Gasteiger partial charge in [0.15, 0.2) is 0 Å². The van der Waals surface area contributed by atoms with Crippen LogP contribution in [0.1, 0.15) is 17.2 Å². The van der Waals surface area contributed by atoms with Crippen molar-refractivity contribution in [3.63, 3.8) is 0 Å². The van der Waals surface area contributed by atoms with E-state index in [1.54, 1.807) is 4.90 Å². The number of nitrogens with two attached hydrogens (primary N) is 1. The van der Waals surface area contributed by atoms with Gasteiger partial charge in [-0.15, -0.1) is 0 Å². The van der Waals surface area contributed by atoms with E-state index in [0.29, 0.717) is 18.8 Å². The molecule has 3 aromatic carbocycles. The van der Waals surface area contributed by atoms with Gasteiger partial charge in [0.25, 0.3) is 0 Å². The van der Waals surface area contributed by atoms with E-state index in [2.05, 4.69) is 58.7 Å². The molecule has 0 unspecified atom stereocenters. The van der Waals surface area contributed by atoms with E-state index in [-0.39, 0.29) is 17.0 Å². The van der Waals surface area contributed by atoms with Crippen molar-refractivity contribution < 1.29 is 13.2 Å². The number of sulfonamides is 1. The van der Waals surface area contributed by atoms with Crippen LogP contribution in [0.5, 0.6) is 0 Å². The average Bonchev–Trinajstić information content (AvgIpc) is 2.81. The number of rotatable bonds is 5. The molecule has 1 aliphatic rings. The molecule has 2 amide bonds. The van der Waals surface area contributed by atoms with Crippen LogP contribution in [-0.2, 0) is 10.0 Å². The minimum atomic E-state index is -3.76. The van der Waals surface area contributed by atoms with Crippen molar-refractivity contribution in [1.82, 2.24) is 9.80 Å². The lowest BCUT2D eigenvalue weighted by atomic mass is 9.96. The summed E-state index contributed by atoms with van der Waals surface area (Å²) in [5.41, 5.74) is 2.98. The van der Waals surface area contributed by atoms with E-state index in [4.69, 9.17) is 5.14 Å². The van der Waals surface area contributed by atoms with Crippen molar-refractivity contribution in [2.24, 2.45) is 5.14 Å². The summed E-state index contributed by atoms with van der Waals surface area (Å²) in [6.45, 7) is 2.67. The van der Waals surface area contributed by atoms with Gasteiger partial charge in [0, 0.05) is 31.9 Å². The molecule has 1 saturated heterocycles. The second kappa shape index (κ2) is 9.52. The van der Waals surface area contributed by atoms with Crippen LogP contribution in [0.2, 0.25) is 0 Å². The summed E-state index contributed by atoms with van der Waals surface area (Å²) in [7, 11) is -3.76. The van der Waals surface area contributed by atoms with Crippen LogP contribution in [0, 0.1) is 0 Å². The molecule has 7 nitrogen and oxygen atoms in total. The number of hydrogen-bond donors (Lipinski definition) is 2. The van der Waals surface area contributed by atoms with Crippen LogP contribution < -0.4 is 10.5 Å². The smallest absolute Gasteiger partial charge is 0.321 e. The summed E-state index contributed by atoms with van der Waals surface area (Å²) in [5, 5.41) is 7.95. The molecule has 0 saturated carbocycles. The molecule has 0 atom stereocenters. The van der Waals surface area contributed by atoms with Crippen LogP contribution in [0.15, 0.2) is 89.8 Å². The Kier molecular flexibility index (Phi) is 6.55. The molecule has 3 aromatic rings. The maximum Gasteiger partial charge on any atom is 0.321 e. The number of carbonyl (C=O) groups excluding carboxylic acids is 1. The molecule has 1 fully saturated rings. The Morgan fingerprint density at radius 1 is 0.781 bits per heavy atom. The highest BCUT2D eigenvalue weighted by molar-refractivity contribution is 7.89. The highest BCUT2D eigenvalue weighted by Crippen LogP contribution is 2.29. The molecule has 0 spiro atoms. The second-order valence-corrected chi connectivity index (χ2v) is 9.31. The van der Waals surface area contributed by atoms with Gasteiger partial charge in [-0.25, -0.2) is 18.4 Å². The minimum Gasteiger partial charge on any atom is -0.322 e. The number of piperazine rings is 1. The topological polar surface area (TPSA) is 95.7 Å². The molecule has 166 valence electrons. The van der Waals surface area contributed by atoms with Crippen LogP contribution >= 0.6 is 0 Å². The van der Waals surface area contributed by atoms with Gasteiger partial charge < -0.3 is 10.2 Å². The highest BCUT2D eigenvalue weighted by Gasteiger charge is 2.28. The number of benzene rings is 3. The fraction of sp³-hybridized carbons (Fsp3) is 0.208. The van der Waals surface area contributed by atoms with Crippen molar-refractivity contribution >= 4 is 21.7 Å². The number of urea groups is 1. The Bertz CT molecular complexity index is 1110. The molecular formula is C24H26N4O3S. The van der Waals surface area contributed by atoms with Crippen molar-refractivity contribution in [1.29, 1.82) is 0 Å². The zero-order valence-electron chi connectivity index (χ0n) is 17.6. The number of nitrogens with zero attached hydrogens (tertiary/aromatic N) is 2. The van der Waals surface area contributed by atoms with E-state index in [9.17, 15) is 13.2 Å². The predicted molar refractivity (Wildman–Crippen MR) is 125 cm³/mol. The van der Waals surface area contributed by atoms with E-state index in [1.165, 1.54) is 35.4 Å². The number of hydrogen-bond acceptors (Lipinski definition) is 4. The Labute approximate surface area is 188 Å². The Morgan fingerprint density at radius 2 is 1.28 bits per heavy atom. The lowest BCUT2D eigenvalue weighted by Gasteiger charge is -2.39. The van der Waals surface area contributed by atoms with Gasteiger partial charge in [-0.3, -0.25) is 4.90 Å². The third-order valence-electron chi connectivity index (χ3n) is 5.63. The molecule has 0 bridgehead atoms. The summed E-state index contributed by atoms with van der Waals surface area (Å²) >= 11 is 0. The molecular weight excluding hydrogens is 424 g/mol. The first-order chi connectivity index (χ1) is 15.4. The summed E-state index contributed by atoms with van der Waals surface area (Å²) in [5.74, 6) is 0. The van der Waals surface area contributed by atoms with Crippen LogP contribution in [0.4, 0.5) is 10.5 Å². The normalized spacial score (nSPS) is 15.0. The number of nitrogens with one attached hydrogen (secondary N) is 1. The Hall–Kier alpha value is -3.20. The lowest BCUT2D eigenvalue weighted by molar-refractivity contribution is 0.126. The zero-order chi connectivity index (χ0) is 22.6. The molecule has 1 heterocycles. The summed E-state index contributed by atoms with van der Waals surface area (Å²) in [4.78, 5) is 16.9. The van der Waals surface area contributed by atoms with Gasteiger partial charge in [0.2, 0.25) is 10.0 Å². The van der Waals surface area contributed by atoms with E-state index in [0.717, 1.165) is 13.1 Å². The summed E-state index contributed by atoms with van der Waals surface area (Å²) in [6.07, 6.45) is 0. The largest absolute Gasteiger partial charge is 0.322 e. The first-order valence-electron chi connectivity index (χ1n) is 10.4. The maximum atomic E-state index is 12.7. The number of amides is 2. The molecule has 8 heteroatoms. The highest BCUT2D eigenvalue weighted by atomic mass is 32.2. The summed E-state index contributed by atoms with van der Waals surface area (Å²) in [6, 6.07) is 26.6. The molecule has 4 rings (SSSR count). The average molecular weight is 451 g/mol. The first kappa shape index (κ1) is 22.0. The van der Waals surface area contributed by atoms with Crippen LogP contribution in [0.25, 0.3) is 0 Å². The standard InChI is InChI=1S/C24H26N4O3S/c25-32(30,31)22-13-11-21(12-14-22)26-24(29)28-17-15-27(16-18-28)23(19-7-3-1-4-8-19)20-9-5-2-6-10-20/h1-14,23H,15-18H2,(H,26,29)(H2,25,30,31). The fourth-order valence-electron chi connectivity index (χ4n) is 4.00. The van der Waals surface area contributed by atoms with E-state index >= 15 is 0 Å². The van der Waals surface area contributed by atoms with Gasteiger partial charge in [0.1, 0.15) is 0 Å². The molecule has 3 N–H and O–H groups in total. The van der Waals surface area contributed by atoms with Crippen molar-refractivity contribution in [3.05, 3.63) is 96.1 Å². The fourth-order valence-corrected chi connectivity index (χ4v) is 4.51. The monoisotopic (exact) mass is 450 g/mol. The lowest BCUT2D eigenvalue weighted by Crippen LogP contribution is -2.51. The quantitative estimate of drug-likeness (QED) is 0.624. The third kappa shape index (κ3) is 5.16. The zero-order valence-corrected chi connectivity index (χ0v) is 18.4. The molecule has 0 radical (unpaired) electrons. The minimum absolute atomic E-state index is 0.0111. The number of anilines is 1. The molecule has 0 aliphatic carbocycles. The summed E-state index contributed by atoms with van der Waals surface area (Å²) < 4.78 is 22.8. The van der Waals surface area contributed by atoms with Gasteiger partial charge >= 0.3 is 6.03 Å². The van der Waals surface area contributed by atoms with Gasteiger partial charge in [-0.1, -0.05) is 60.7 Å². The molecule has 32 heavy (non-hydrogen) atoms. The second-order valence-electron chi connectivity index (χ2n) is 7.75. The molecule has 1 aliphatic heterocycles. The van der Waals surface area contributed by atoms with Crippen LogP contribution in [0.3, 0.4) is 0 Å². The van der Waals surface area contributed by atoms with Gasteiger partial charge in [-0.05, 0) is 35.4 Å². The van der Waals surface area contributed by atoms with E-state index in [1.807, 2.05) is 12.1 Å². The third-order valence-corrected chi connectivity index (χ3v) is 6.56. The van der Waals surface area contributed by atoms with Crippen molar-refractivity contribution in [3.8, 4) is 0 Å². The van der Waals surface area contributed by atoms with Gasteiger partial charge in [0.05, 0.1) is 10.9 Å². The Morgan fingerprint density at radius 3 is 1.75 bits per heavy atom. The number of carbonyl (C=O) groups is 1. The maximum absolute atomic E-state index is 12.7.